The maximum atomic E-state index is 12.3. The second kappa shape index (κ2) is 9.89. The van der Waals surface area contributed by atoms with Gasteiger partial charge in [-0.05, 0) is 37.1 Å². The molecule has 13 nitrogen and oxygen atoms in total. The normalized spacial score (nSPS) is 15.4. The van der Waals surface area contributed by atoms with Crippen LogP contribution in [0.5, 0.6) is 0 Å². The smallest absolute Gasteiger partial charge is 0.277 e. The number of fused-ring (bicyclic) bond motifs is 1. The summed E-state index contributed by atoms with van der Waals surface area (Å²) in [5.74, 6) is -3.25. The number of nitrogens with one attached hydrogen (secondary N) is 4. The SMILES string of the molecule is CN(CC1CNc2nc(N)[nH]c(=O)c2N1)c1ccc(C(=O)N[C@@H](CCC(=O)[O-])C(=O)[O-])cc1. The van der Waals surface area contributed by atoms with Crippen LogP contribution in [0.1, 0.15) is 23.2 Å². The van der Waals surface area contributed by atoms with Crippen LogP contribution >= 0.6 is 0 Å². The van der Waals surface area contributed by atoms with Crippen molar-refractivity contribution in [2.24, 2.45) is 0 Å². The fourth-order valence-electron chi connectivity index (χ4n) is 3.39. The molecule has 0 spiro atoms. The van der Waals surface area contributed by atoms with Crippen LogP contribution in [-0.2, 0) is 9.59 Å². The Bertz CT molecular complexity index is 1100. The maximum Gasteiger partial charge on any atom is 0.277 e. The maximum absolute atomic E-state index is 12.3. The van der Waals surface area contributed by atoms with E-state index >= 15 is 0 Å². The quantitative estimate of drug-likeness (QED) is 0.257. The summed E-state index contributed by atoms with van der Waals surface area (Å²) in [5.41, 5.74) is 6.46. The third-order valence-electron chi connectivity index (χ3n) is 5.09. The van der Waals surface area contributed by atoms with Crippen molar-refractivity contribution in [3.05, 3.63) is 40.2 Å². The molecule has 3 rings (SSSR count). The van der Waals surface area contributed by atoms with Crippen LogP contribution in [0.4, 0.5) is 23.1 Å². The van der Waals surface area contributed by atoms with Crippen molar-refractivity contribution < 1.29 is 24.6 Å². The van der Waals surface area contributed by atoms with Crippen molar-refractivity contribution in [1.82, 2.24) is 15.3 Å². The third-order valence-corrected chi connectivity index (χ3v) is 5.09. The van der Waals surface area contributed by atoms with Gasteiger partial charge in [0.25, 0.3) is 11.5 Å². The molecule has 1 amide bonds. The van der Waals surface area contributed by atoms with Gasteiger partial charge in [0.05, 0.1) is 18.1 Å². The summed E-state index contributed by atoms with van der Waals surface area (Å²) in [6, 6.07) is 4.84. The third kappa shape index (κ3) is 5.90. The molecule has 0 radical (unpaired) electrons. The van der Waals surface area contributed by atoms with Gasteiger partial charge in [-0.3, -0.25) is 14.6 Å². The number of hydrogen-bond donors (Lipinski definition) is 5. The molecule has 33 heavy (non-hydrogen) atoms. The summed E-state index contributed by atoms with van der Waals surface area (Å²) in [5, 5.41) is 30.1. The van der Waals surface area contributed by atoms with Gasteiger partial charge >= 0.3 is 0 Å². The van der Waals surface area contributed by atoms with E-state index in [4.69, 9.17) is 5.73 Å². The summed E-state index contributed by atoms with van der Waals surface area (Å²) < 4.78 is 0. The summed E-state index contributed by atoms with van der Waals surface area (Å²) in [6.45, 7) is 1.02. The molecule has 2 aromatic rings. The highest BCUT2D eigenvalue weighted by molar-refractivity contribution is 5.96. The fraction of sp³-hybridized carbons (Fsp3) is 0.350. The van der Waals surface area contributed by atoms with E-state index in [1.807, 2.05) is 11.9 Å². The van der Waals surface area contributed by atoms with Crippen LogP contribution < -0.4 is 42.4 Å². The molecule has 1 aromatic heterocycles. The van der Waals surface area contributed by atoms with Crippen molar-refractivity contribution in [3.63, 3.8) is 0 Å². The summed E-state index contributed by atoms with van der Waals surface area (Å²) >= 11 is 0. The van der Waals surface area contributed by atoms with Crippen LogP contribution in [0.2, 0.25) is 0 Å². The molecule has 1 aliphatic heterocycles. The minimum Gasteiger partial charge on any atom is -0.550 e. The molecule has 0 aliphatic carbocycles. The number of aromatic nitrogens is 2. The molecule has 1 aliphatic rings. The first-order valence-corrected chi connectivity index (χ1v) is 10.1. The van der Waals surface area contributed by atoms with Gasteiger partial charge in [0.1, 0.15) is 5.69 Å². The Labute approximate surface area is 188 Å². The van der Waals surface area contributed by atoms with Gasteiger partial charge < -0.3 is 46.4 Å². The number of aromatic amines is 1. The molecule has 0 fully saturated rings. The Balaban J connectivity index is 1.60. The van der Waals surface area contributed by atoms with Crippen molar-refractivity contribution in [1.29, 1.82) is 0 Å². The highest BCUT2D eigenvalue weighted by Gasteiger charge is 2.23. The molecule has 1 unspecified atom stereocenters. The standard InChI is InChI=1S/C20H25N7O6/c1-27(9-11-8-22-16-15(23-11)18(31)26-20(21)25-16)12-4-2-10(3-5-12)17(30)24-13(19(32)33)6-7-14(28)29/h2-5,11,13,23H,6-9H2,1H3,(H,24,30)(H,28,29)(H,32,33)(H4,21,22,25,26,31)/p-2/t11?,13-/m0/s1. The molecule has 0 bridgehead atoms. The van der Waals surface area contributed by atoms with Crippen molar-refractivity contribution >= 4 is 41.0 Å². The Morgan fingerprint density at radius 3 is 2.61 bits per heavy atom. The Kier molecular flexibility index (Phi) is 7.00. The predicted molar refractivity (Wildman–Crippen MR) is 115 cm³/mol. The number of anilines is 4. The van der Waals surface area contributed by atoms with Crippen LogP contribution in [0.3, 0.4) is 0 Å². The number of carbonyl (C=O) groups excluding carboxylic acids is 3. The topological polar surface area (TPSA) is 208 Å². The number of nitrogens with two attached hydrogens (primary N) is 1. The molecule has 0 saturated carbocycles. The molecule has 176 valence electrons. The highest BCUT2D eigenvalue weighted by Crippen LogP contribution is 2.21. The average molecular weight is 457 g/mol. The van der Waals surface area contributed by atoms with E-state index in [1.165, 1.54) is 12.1 Å². The molecule has 1 aromatic carbocycles. The fourth-order valence-corrected chi connectivity index (χ4v) is 3.39. The lowest BCUT2D eigenvalue weighted by Gasteiger charge is -2.31. The average Bonchev–Trinajstić information content (AvgIpc) is 2.76. The number of aliphatic carboxylic acids is 2. The molecule has 2 heterocycles. The minimum absolute atomic E-state index is 0.0255. The molecule has 2 atom stereocenters. The summed E-state index contributed by atoms with van der Waals surface area (Å²) in [7, 11) is 1.84. The Hall–Kier alpha value is -4.29. The molecule has 13 heteroatoms. The lowest BCUT2D eigenvalue weighted by Crippen LogP contribution is -2.48. The van der Waals surface area contributed by atoms with Crippen LogP contribution in [0, 0.1) is 0 Å². The number of nitrogen functional groups attached to an aromatic ring is 1. The van der Waals surface area contributed by atoms with Gasteiger partial charge in [0.15, 0.2) is 5.82 Å². The van der Waals surface area contributed by atoms with Gasteiger partial charge in [-0.15, -0.1) is 0 Å². The monoisotopic (exact) mass is 457 g/mol. The lowest BCUT2D eigenvalue weighted by molar-refractivity contribution is -0.309. The first kappa shape index (κ1) is 23.4. The zero-order valence-corrected chi connectivity index (χ0v) is 17.7. The van der Waals surface area contributed by atoms with E-state index < -0.39 is 30.3 Å². The van der Waals surface area contributed by atoms with Crippen molar-refractivity contribution in [3.8, 4) is 0 Å². The largest absolute Gasteiger partial charge is 0.550 e. The molecular formula is C20H23N7O6-2. The number of carbonyl (C=O) groups is 3. The second-order valence-electron chi connectivity index (χ2n) is 7.58. The number of amides is 1. The van der Waals surface area contributed by atoms with E-state index in [1.54, 1.807) is 12.1 Å². The zero-order valence-electron chi connectivity index (χ0n) is 17.7. The zero-order chi connectivity index (χ0) is 24.1. The van der Waals surface area contributed by atoms with Gasteiger partial charge in [0.2, 0.25) is 5.95 Å². The number of benzene rings is 1. The van der Waals surface area contributed by atoms with Crippen LogP contribution in [0.15, 0.2) is 29.1 Å². The number of rotatable bonds is 9. The lowest BCUT2D eigenvalue weighted by atomic mass is 10.1. The predicted octanol–water partition coefficient (Wildman–Crippen LogP) is -2.93. The van der Waals surface area contributed by atoms with Gasteiger partial charge in [-0.1, -0.05) is 0 Å². The summed E-state index contributed by atoms with van der Waals surface area (Å²) in [4.78, 5) is 54.5. The first-order chi connectivity index (χ1) is 15.6. The first-order valence-electron chi connectivity index (χ1n) is 10.1. The highest BCUT2D eigenvalue weighted by atomic mass is 16.4. The number of hydrogen-bond acceptors (Lipinski definition) is 11. The van der Waals surface area contributed by atoms with Crippen molar-refractivity contribution in [2.75, 3.05) is 41.4 Å². The van der Waals surface area contributed by atoms with Gasteiger partial charge in [0, 0.05) is 37.4 Å². The minimum atomic E-state index is -1.58. The molecular weight excluding hydrogens is 434 g/mol. The van der Waals surface area contributed by atoms with E-state index in [9.17, 15) is 29.4 Å². The number of nitrogens with zero attached hydrogens (tertiary/aromatic N) is 2. The summed E-state index contributed by atoms with van der Waals surface area (Å²) in [6.07, 6.45) is -0.861. The number of carboxylic acids is 2. The van der Waals surface area contributed by atoms with E-state index in [0.29, 0.717) is 24.6 Å². The Morgan fingerprint density at radius 1 is 1.27 bits per heavy atom. The van der Waals surface area contributed by atoms with Gasteiger partial charge in [-0.25, -0.2) is 0 Å². The number of carboxylic acid groups (broad SMARTS) is 2. The molecule has 0 saturated heterocycles. The van der Waals surface area contributed by atoms with Crippen LogP contribution in [0.25, 0.3) is 0 Å². The number of H-pyrrole nitrogens is 1. The number of likely N-dealkylation sites (N-methyl/N-ethyl adjacent to an activating group) is 1. The van der Waals surface area contributed by atoms with Gasteiger partial charge in [-0.2, -0.15) is 4.98 Å². The molecule has 6 N–H and O–H groups in total. The van der Waals surface area contributed by atoms with E-state index in [-0.39, 0.29) is 29.5 Å². The van der Waals surface area contributed by atoms with E-state index in [2.05, 4.69) is 25.9 Å². The van der Waals surface area contributed by atoms with Crippen molar-refractivity contribution in [2.45, 2.75) is 24.9 Å². The van der Waals surface area contributed by atoms with E-state index in [0.717, 1.165) is 5.69 Å². The van der Waals surface area contributed by atoms with Crippen LogP contribution in [-0.4, -0.2) is 60.0 Å². The second-order valence-corrected chi connectivity index (χ2v) is 7.58. The Morgan fingerprint density at radius 2 is 1.97 bits per heavy atom.